The van der Waals surface area contributed by atoms with Crippen LogP contribution in [0.25, 0.3) is 0 Å². The first-order valence-electron chi connectivity index (χ1n) is 3.56. The van der Waals surface area contributed by atoms with Crippen LogP contribution in [0.1, 0.15) is 5.56 Å². The molecule has 0 aromatic heterocycles. The number of nitrogens with two attached hydrogens (primary N) is 1. The predicted octanol–water partition coefficient (Wildman–Crippen LogP) is 0.773. The van der Waals surface area contributed by atoms with Gasteiger partial charge in [0.05, 0.1) is 0 Å². The number of para-hydroxylation sites is 1. The van der Waals surface area contributed by atoms with Gasteiger partial charge in [-0.05, 0) is 11.6 Å². The van der Waals surface area contributed by atoms with Crippen molar-refractivity contribution in [3.05, 3.63) is 29.8 Å². The topological polar surface area (TPSA) is 61.9 Å². The van der Waals surface area contributed by atoms with Crippen LogP contribution >= 0.6 is 12.6 Å². The summed E-state index contributed by atoms with van der Waals surface area (Å²) in [7, 11) is 0. The summed E-state index contributed by atoms with van der Waals surface area (Å²) >= 11 is 3.83. The third-order valence-corrected chi connectivity index (χ3v) is 1.60. The average molecular weight is 205 g/mol. The number of thiol groups is 1. The van der Waals surface area contributed by atoms with Gasteiger partial charge in [0.25, 0.3) is 0 Å². The van der Waals surface area contributed by atoms with Crippen molar-refractivity contribution in [1.82, 2.24) is 0 Å². The zero-order valence-electron chi connectivity index (χ0n) is 6.54. The van der Waals surface area contributed by atoms with Gasteiger partial charge in [-0.3, -0.25) is 5.41 Å². The zero-order valence-corrected chi connectivity index (χ0v) is 7.44. The Morgan fingerprint density at radius 2 is 2.08 bits per heavy atom. The minimum atomic E-state index is 0. The van der Waals surface area contributed by atoms with Crippen molar-refractivity contribution in [2.45, 2.75) is 6.54 Å². The van der Waals surface area contributed by atoms with Crippen LogP contribution in [-0.4, -0.2) is 34.7 Å². The van der Waals surface area contributed by atoms with Crippen LogP contribution in [0.2, 0.25) is 0 Å². The quantitative estimate of drug-likeness (QED) is 0.249. The third kappa shape index (κ3) is 4.15. The van der Waals surface area contributed by atoms with Gasteiger partial charge in [-0.25, -0.2) is 0 Å². The summed E-state index contributed by atoms with van der Waals surface area (Å²) in [5, 5.41) is 10.0. The summed E-state index contributed by atoms with van der Waals surface area (Å²) in [5.41, 5.74) is 7.32. The molecule has 13 heavy (non-hydrogen) atoms. The van der Waals surface area contributed by atoms with Gasteiger partial charge < -0.3 is 11.1 Å². The third-order valence-electron chi connectivity index (χ3n) is 1.49. The van der Waals surface area contributed by atoms with E-state index in [-0.39, 0.29) is 34.7 Å². The fourth-order valence-corrected chi connectivity index (χ4v) is 1.07. The first kappa shape index (κ1) is 13.0. The first-order chi connectivity index (χ1) is 5.74. The molecular weight excluding hydrogens is 193 g/mol. The Hall–Kier alpha value is 0. The van der Waals surface area contributed by atoms with E-state index in [0.29, 0.717) is 6.54 Å². The monoisotopic (exact) mass is 205 g/mol. The van der Waals surface area contributed by atoms with Crippen LogP contribution in [0.5, 0.6) is 0 Å². The molecule has 0 unspecified atom stereocenters. The Balaban J connectivity index is 0.00000144. The van der Waals surface area contributed by atoms with Crippen LogP contribution in [0.15, 0.2) is 24.3 Å². The van der Waals surface area contributed by atoms with Crippen molar-refractivity contribution in [3.63, 3.8) is 0 Å². The van der Waals surface area contributed by atoms with Gasteiger partial charge in [-0.2, -0.15) is 0 Å². The van der Waals surface area contributed by atoms with E-state index in [1.807, 2.05) is 24.3 Å². The van der Waals surface area contributed by atoms with Crippen LogP contribution in [0.3, 0.4) is 0 Å². The Morgan fingerprint density at radius 1 is 1.46 bits per heavy atom. The molecule has 1 aromatic carbocycles. The number of hydrogen-bond donors (Lipinski definition) is 4. The van der Waals surface area contributed by atoms with Crippen LogP contribution < -0.4 is 11.1 Å². The van der Waals surface area contributed by atoms with E-state index in [1.165, 1.54) is 0 Å². The zero-order chi connectivity index (χ0) is 8.97. The fraction of sp³-hybridized carbons (Fsp3) is 0.125. The Labute approximate surface area is 105 Å². The van der Waals surface area contributed by atoms with Gasteiger partial charge in [0, 0.05) is 12.2 Å². The molecule has 0 fully saturated rings. The molecule has 0 saturated heterocycles. The van der Waals surface area contributed by atoms with E-state index in [1.54, 1.807) is 0 Å². The van der Waals surface area contributed by atoms with Crippen molar-refractivity contribution in [2.75, 3.05) is 5.32 Å². The summed E-state index contributed by atoms with van der Waals surface area (Å²) in [4.78, 5) is 0. The number of anilines is 1. The number of nitrogens with one attached hydrogen (secondary N) is 2. The summed E-state index contributed by atoms with van der Waals surface area (Å²) in [6.07, 6.45) is 0. The fourth-order valence-electron chi connectivity index (χ4n) is 0.948. The molecule has 3 nitrogen and oxygen atoms in total. The second kappa shape index (κ2) is 6.45. The molecule has 0 atom stereocenters. The van der Waals surface area contributed by atoms with Crippen LogP contribution in [-0.2, 0) is 6.54 Å². The van der Waals surface area contributed by atoms with E-state index >= 15 is 0 Å². The number of rotatable bonds is 2. The summed E-state index contributed by atoms with van der Waals surface area (Å²) in [5.74, 6) is 0. The van der Waals surface area contributed by atoms with Gasteiger partial charge >= 0.3 is 29.6 Å². The van der Waals surface area contributed by atoms with Crippen molar-refractivity contribution in [3.8, 4) is 0 Å². The summed E-state index contributed by atoms with van der Waals surface area (Å²) in [6.45, 7) is 0.463. The predicted molar refractivity (Wildman–Crippen MR) is 61.8 cm³/mol. The first-order valence-corrected chi connectivity index (χ1v) is 4.01. The Morgan fingerprint density at radius 3 is 2.62 bits per heavy atom. The molecule has 66 valence electrons. The van der Waals surface area contributed by atoms with E-state index in [0.717, 1.165) is 11.3 Å². The summed E-state index contributed by atoms with van der Waals surface area (Å²) in [6, 6.07) is 7.58. The summed E-state index contributed by atoms with van der Waals surface area (Å²) < 4.78 is 0. The molecule has 0 aliphatic carbocycles. The Kier molecular flexibility index (Phi) is 6.45. The molecule has 4 N–H and O–H groups in total. The maximum absolute atomic E-state index is 7.12. The molecule has 1 rings (SSSR count). The molecule has 0 heterocycles. The normalized spacial score (nSPS) is 8.77. The molecule has 0 saturated carbocycles. The molecule has 0 bridgehead atoms. The van der Waals surface area contributed by atoms with Crippen molar-refractivity contribution >= 4 is 53.0 Å². The van der Waals surface area contributed by atoms with E-state index in [4.69, 9.17) is 11.1 Å². The Bertz CT molecular complexity index is 290. The molecule has 0 radical (unpaired) electrons. The van der Waals surface area contributed by atoms with Gasteiger partial charge in [-0.1, -0.05) is 18.2 Å². The minimum absolute atomic E-state index is 0. The van der Waals surface area contributed by atoms with Crippen LogP contribution in [0, 0.1) is 5.41 Å². The van der Waals surface area contributed by atoms with E-state index in [9.17, 15) is 0 Å². The van der Waals surface area contributed by atoms with Crippen LogP contribution in [0.4, 0.5) is 5.69 Å². The number of benzene rings is 1. The molecule has 0 aliphatic rings. The van der Waals surface area contributed by atoms with Crippen molar-refractivity contribution in [2.24, 2.45) is 5.73 Å². The van der Waals surface area contributed by atoms with Gasteiger partial charge in [-0.15, -0.1) is 12.6 Å². The second-order valence-electron chi connectivity index (χ2n) is 2.33. The number of hydrogen-bond acceptors (Lipinski definition) is 2. The maximum atomic E-state index is 7.12. The molecule has 0 amide bonds. The molecule has 0 spiro atoms. The standard InChI is InChI=1S/C8H11N3S.Na.H/c9-5-6-3-1-2-4-7(6)11-8(10)12;;/h1-4H,5,9H2,(H3,10,11,12);;. The van der Waals surface area contributed by atoms with Crippen molar-refractivity contribution in [1.29, 1.82) is 5.41 Å². The van der Waals surface area contributed by atoms with Crippen molar-refractivity contribution < 1.29 is 0 Å². The molecule has 0 aliphatic heterocycles. The van der Waals surface area contributed by atoms with E-state index in [2.05, 4.69) is 17.9 Å². The number of amidine groups is 1. The van der Waals surface area contributed by atoms with E-state index < -0.39 is 0 Å². The second-order valence-corrected chi connectivity index (χ2v) is 2.78. The molecule has 5 heteroatoms. The SMILES string of the molecule is N=C(S)Nc1ccccc1CN.[NaH]. The van der Waals surface area contributed by atoms with Gasteiger partial charge in [0.2, 0.25) is 0 Å². The molecular formula is C8H12N3NaS. The average Bonchev–Trinajstić information content (AvgIpc) is 2.04. The van der Waals surface area contributed by atoms with Gasteiger partial charge in [0.1, 0.15) is 0 Å². The van der Waals surface area contributed by atoms with Gasteiger partial charge in [0.15, 0.2) is 5.17 Å². The molecule has 1 aromatic rings.